The van der Waals surface area contributed by atoms with Crippen LogP contribution in [0.25, 0.3) is 0 Å². The minimum absolute atomic E-state index is 0.306. The molecule has 0 spiro atoms. The van der Waals surface area contributed by atoms with Gasteiger partial charge in [-0.3, -0.25) is 4.98 Å². The predicted molar refractivity (Wildman–Crippen MR) is 55.9 cm³/mol. The molecule has 84 valence electrons. The number of ether oxygens (including phenoxy) is 1. The Morgan fingerprint density at radius 3 is 2.69 bits per heavy atom. The maximum absolute atomic E-state index is 10.1. The molecule has 0 saturated carbocycles. The topological polar surface area (TPSA) is 73.1 Å². The number of methoxy groups -OCH3 is 1. The van der Waals surface area contributed by atoms with E-state index in [-0.39, 0.29) is 0 Å². The van der Waals surface area contributed by atoms with Gasteiger partial charge in [0.05, 0.1) is 19.1 Å². The van der Waals surface area contributed by atoms with Crippen LogP contribution in [0.15, 0.2) is 24.9 Å². The Hall–Kier alpha value is -1.95. The van der Waals surface area contributed by atoms with Gasteiger partial charge in [-0.25, -0.2) is 9.97 Å². The molecule has 1 atom stereocenters. The second-order valence-corrected chi connectivity index (χ2v) is 3.32. The van der Waals surface area contributed by atoms with E-state index < -0.39 is 6.10 Å². The van der Waals surface area contributed by atoms with Crippen molar-refractivity contribution in [2.75, 3.05) is 7.11 Å². The highest BCUT2D eigenvalue weighted by molar-refractivity contribution is 5.26. The molecular formula is C10H12N4O2. The number of rotatable bonds is 3. The maximum Gasteiger partial charge on any atom is 0.238 e. The average Bonchev–Trinajstić information content (AvgIpc) is 2.75. The van der Waals surface area contributed by atoms with Crippen molar-refractivity contribution in [1.82, 2.24) is 19.5 Å². The number of nitrogens with zero attached hydrogens (tertiary/aromatic N) is 4. The Morgan fingerprint density at radius 1 is 1.31 bits per heavy atom. The highest BCUT2D eigenvalue weighted by atomic mass is 16.5. The largest absolute Gasteiger partial charge is 0.480 e. The van der Waals surface area contributed by atoms with E-state index in [2.05, 4.69) is 15.0 Å². The second kappa shape index (κ2) is 4.28. The second-order valence-electron chi connectivity index (χ2n) is 3.32. The van der Waals surface area contributed by atoms with Crippen molar-refractivity contribution in [3.8, 4) is 5.88 Å². The zero-order chi connectivity index (χ0) is 11.5. The molecule has 2 heterocycles. The molecule has 6 nitrogen and oxygen atoms in total. The van der Waals surface area contributed by atoms with Gasteiger partial charge in [-0.2, -0.15) is 0 Å². The van der Waals surface area contributed by atoms with Crippen LogP contribution in [0.4, 0.5) is 0 Å². The number of hydrogen-bond acceptors (Lipinski definition) is 5. The van der Waals surface area contributed by atoms with Crippen LogP contribution in [-0.2, 0) is 7.05 Å². The van der Waals surface area contributed by atoms with Gasteiger partial charge in [0.15, 0.2) is 0 Å². The molecule has 0 saturated heterocycles. The van der Waals surface area contributed by atoms with Crippen LogP contribution in [0.1, 0.15) is 17.5 Å². The summed E-state index contributed by atoms with van der Waals surface area (Å²) < 4.78 is 6.78. The molecule has 0 aliphatic heterocycles. The monoisotopic (exact) mass is 220 g/mol. The highest BCUT2D eigenvalue weighted by Crippen LogP contribution is 2.24. The molecule has 0 aliphatic rings. The zero-order valence-corrected chi connectivity index (χ0v) is 9.03. The molecular weight excluding hydrogens is 208 g/mol. The van der Waals surface area contributed by atoms with E-state index >= 15 is 0 Å². The minimum atomic E-state index is -0.926. The first-order valence-corrected chi connectivity index (χ1v) is 4.73. The van der Waals surface area contributed by atoms with Crippen LogP contribution in [0.2, 0.25) is 0 Å². The van der Waals surface area contributed by atoms with Gasteiger partial charge in [-0.15, -0.1) is 0 Å². The van der Waals surface area contributed by atoms with Gasteiger partial charge < -0.3 is 14.4 Å². The van der Waals surface area contributed by atoms with E-state index in [1.165, 1.54) is 19.5 Å². The summed E-state index contributed by atoms with van der Waals surface area (Å²) in [5.74, 6) is 0.306. The summed E-state index contributed by atoms with van der Waals surface area (Å²) in [6.45, 7) is 0. The maximum atomic E-state index is 10.1. The van der Waals surface area contributed by atoms with Crippen molar-refractivity contribution in [3.63, 3.8) is 0 Å². The number of aliphatic hydroxyl groups excluding tert-OH is 1. The van der Waals surface area contributed by atoms with Gasteiger partial charge in [-0.05, 0) is 0 Å². The predicted octanol–water partition coefficient (Wildman–Crippen LogP) is 0.300. The van der Waals surface area contributed by atoms with Crippen LogP contribution < -0.4 is 4.74 Å². The van der Waals surface area contributed by atoms with Gasteiger partial charge in [-0.1, -0.05) is 0 Å². The fourth-order valence-electron chi connectivity index (χ4n) is 1.40. The quantitative estimate of drug-likeness (QED) is 0.805. The Morgan fingerprint density at radius 2 is 2.06 bits per heavy atom. The van der Waals surface area contributed by atoms with Gasteiger partial charge in [0.2, 0.25) is 5.88 Å². The Balaban J connectivity index is 2.36. The molecule has 1 N–H and O–H groups in total. The fourth-order valence-corrected chi connectivity index (χ4v) is 1.40. The van der Waals surface area contributed by atoms with Crippen molar-refractivity contribution >= 4 is 0 Å². The van der Waals surface area contributed by atoms with Gasteiger partial charge in [0, 0.05) is 25.6 Å². The van der Waals surface area contributed by atoms with Crippen LogP contribution >= 0.6 is 0 Å². The van der Waals surface area contributed by atoms with E-state index in [0.29, 0.717) is 17.3 Å². The fraction of sp³-hybridized carbons (Fsp3) is 0.300. The molecule has 6 heteroatoms. The molecule has 1 unspecified atom stereocenters. The SMILES string of the molecule is COc1nccnc1C(O)c1cn(C)cn1. The van der Waals surface area contributed by atoms with Crippen LogP contribution in [0.3, 0.4) is 0 Å². The summed E-state index contributed by atoms with van der Waals surface area (Å²) in [4.78, 5) is 12.1. The molecule has 0 aromatic carbocycles. The Labute approximate surface area is 92.6 Å². The smallest absolute Gasteiger partial charge is 0.238 e. The standard InChI is InChI=1S/C10H12N4O2/c1-14-5-7(13-6-14)9(15)8-10(16-2)12-4-3-11-8/h3-6,9,15H,1-2H3. The summed E-state index contributed by atoms with van der Waals surface area (Å²) in [7, 11) is 3.32. The van der Waals surface area contributed by atoms with E-state index in [1.807, 2.05) is 7.05 Å². The van der Waals surface area contributed by atoms with Crippen LogP contribution in [0, 0.1) is 0 Å². The molecule has 16 heavy (non-hydrogen) atoms. The number of hydrogen-bond donors (Lipinski definition) is 1. The average molecular weight is 220 g/mol. The molecule has 2 aromatic rings. The normalized spacial score (nSPS) is 12.4. The number of aryl methyl sites for hydroxylation is 1. The van der Waals surface area contributed by atoms with Crippen LogP contribution in [-0.4, -0.2) is 31.7 Å². The first kappa shape index (κ1) is 10.6. The zero-order valence-electron chi connectivity index (χ0n) is 9.03. The molecule has 2 rings (SSSR count). The van der Waals surface area contributed by atoms with Gasteiger partial charge in [0.1, 0.15) is 11.8 Å². The van der Waals surface area contributed by atoms with Crippen molar-refractivity contribution in [2.24, 2.45) is 7.05 Å². The van der Waals surface area contributed by atoms with E-state index in [1.54, 1.807) is 17.1 Å². The van der Waals surface area contributed by atoms with Crippen LogP contribution in [0.5, 0.6) is 5.88 Å². The number of imidazole rings is 1. The van der Waals surface area contributed by atoms with Crippen molar-refractivity contribution < 1.29 is 9.84 Å². The number of aromatic nitrogens is 4. The highest BCUT2D eigenvalue weighted by Gasteiger charge is 2.19. The third-order valence-corrected chi connectivity index (χ3v) is 2.15. The Kier molecular flexibility index (Phi) is 2.82. The molecule has 0 fully saturated rings. The lowest BCUT2D eigenvalue weighted by Gasteiger charge is -2.09. The summed E-state index contributed by atoms with van der Waals surface area (Å²) in [6, 6.07) is 0. The minimum Gasteiger partial charge on any atom is -0.480 e. The molecule has 2 aromatic heterocycles. The van der Waals surface area contributed by atoms with Crippen molar-refractivity contribution in [3.05, 3.63) is 36.3 Å². The van der Waals surface area contributed by atoms with Gasteiger partial charge >= 0.3 is 0 Å². The lowest BCUT2D eigenvalue weighted by molar-refractivity contribution is 0.203. The number of aliphatic hydroxyl groups is 1. The molecule has 0 aliphatic carbocycles. The summed E-state index contributed by atoms with van der Waals surface area (Å²) >= 11 is 0. The summed E-state index contributed by atoms with van der Waals surface area (Å²) in [5.41, 5.74) is 0.880. The molecule has 0 bridgehead atoms. The third-order valence-electron chi connectivity index (χ3n) is 2.15. The van der Waals surface area contributed by atoms with E-state index in [4.69, 9.17) is 4.74 Å². The van der Waals surface area contributed by atoms with E-state index in [9.17, 15) is 5.11 Å². The molecule has 0 amide bonds. The van der Waals surface area contributed by atoms with Crippen molar-refractivity contribution in [1.29, 1.82) is 0 Å². The molecule has 0 radical (unpaired) electrons. The van der Waals surface area contributed by atoms with E-state index in [0.717, 1.165) is 0 Å². The lowest BCUT2D eigenvalue weighted by atomic mass is 10.2. The Bertz CT molecular complexity index is 483. The van der Waals surface area contributed by atoms with Gasteiger partial charge in [0.25, 0.3) is 0 Å². The third kappa shape index (κ3) is 1.87. The van der Waals surface area contributed by atoms with Crippen molar-refractivity contribution in [2.45, 2.75) is 6.10 Å². The summed E-state index contributed by atoms with van der Waals surface area (Å²) in [5, 5.41) is 10.1. The first-order chi connectivity index (χ1) is 7.72. The summed E-state index contributed by atoms with van der Waals surface area (Å²) in [6.07, 6.45) is 5.42. The first-order valence-electron chi connectivity index (χ1n) is 4.73. The lowest BCUT2D eigenvalue weighted by Crippen LogP contribution is -2.06.